The molecule has 0 atom stereocenters. The number of hydrogen-bond donors (Lipinski definition) is 0. The fraction of sp³-hybridized carbons (Fsp3) is 0.421. The van der Waals surface area contributed by atoms with Gasteiger partial charge in [0.1, 0.15) is 5.82 Å². The van der Waals surface area contributed by atoms with Gasteiger partial charge in [-0.3, -0.25) is 4.98 Å². The fourth-order valence-electron chi connectivity index (χ4n) is 2.49. The largest absolute Gasteiger partial charge is 0.256 e. The number of halogens is 1. The molecule has 0 N–H and O–H groups in total. The quantitative estimate of drug-likeness (QED) is 0.594. The molecule has 0 aliphatic rings. The van der Waals surface area contributed by atoms with Gasteiger partial charge in [0.2, 0.25) is 0 Å². The van der Waals surface area contributed by atoms with E-state index in [0.717, 1.165) is 12.0 Å². The Morgan fingerprint density at radius 3 is 2.48 bits per heavy atom. The molecule has 0 saturated heterocycles. The Labute approximate surface area is 127 Å². The van der Waals surface area contributed by atoms with Crippen LogP contribution in [0.4, 0.5) is 4.39 Å². The average molecular weight is 285 g/mol. The van der Waals surface area contributed by atoms with Crippen molar-refractivity contribution >= 4 is 0 Å². The third-order valence-corrected chi connectivity index (χ3v) is 3.79. The predicted octanol–water partition coefficient (Wildman–Crippen LogP) is 5.71. The van der Waals surface area contributed by atoms with Crippen molar-refractivity contribution in [2.24, 2.45) is 0 Å². The molecule has 2 heteroatoms. The van der Waals surface area contributed by atoms with Gasteiger partial charge in [-0.15, -0.1) is 0 Å². The van der Waals surface area contributed by atoms with E-state index in [4.69, 9.17) is 0 Å². The number of pyridine rings is 1. The van der Waals surface area contributed by atoms with Crippen LogP contribution in [0.1, 0.15) is 50.2 Å². The van der Waals surface area contributed by atoms with Crippen LogP contribution in [0, 0.1) is 12.7 Å². The van der Waals surface area contributed by atoms with Crippen molar-refractivity contribution in [1.29, 1.82) is 0 Å². The molecule has 0 fully saturated rings. The standard InChI is InChI=1S/C19H24FN/c1-3-4-5-6-7-8-16-10-12-19(21-14-16)17-11-9-15(2)13-18(17)20/h9-14H,3-8H2,1-2H3. The van der Waals surface area contributed by atoms with Crippen molar-refractivity contribution in [2.45, 2.75) is 52.4 Å². The van der Waals surface area contributed by atoms with E-state index in [-0.39, 0.29) is 5.82 Å². The maximum atomic E-state index is 13.9. The average Bonchev–Trinajstić information content (AvgIpc) is 2.48. The summed E-state index contributed by atoms with van der Waals surface area (Å²) in [5.74, 6) is -0.199. The van der Waals surface area contributed by atoms with Crippen molar-refractivity contribution in [3.8, 4) is 11.3 Å². The van der Waals surface area contributed by atoms with Gasteiger partial charge in [0.05, 0.1) is 5.69 Å². The minimum absolute atomic E-state index is 0.199. The second-order valence-electron chi connectivity index (χ2n) is 5.70. The van der Waals surface area contributed by atoms with Crippen LogP contribution in [0.15, 0.2) is 36.5 Å². The van der Waals surface area contributed by atoms with Crippen molar-refractivity contribution in [2.75, 3.05) is 0 Å². The van der Waals surface area contributed by atoms with E-state index in [1.807, 2.05) is 25.3 Å². The Kier molecular flexibility index (Phi) is 5.91. The lowest BCUT2D eigenvalue weighted by atomic mass is 10.0. The molecule has 0 unspecified atom stereocenters. The van der Waals surface area contributed by atoms with Crippen molar-refractivity contribution in [3.05, 3.63) is 53.5 Å². The summed E-state index contributed by atoms with van der Waals surface area (Å²) in [6.45, 7) is 4.12. The number of rotatable bonds is 7. The summed E-state index contributed by atoms with van der Waals surface area (Å²) in [5, 5.41) is 0. The molecule has 1 nitrogen and oxygen atoms in total. The first-order valence-electron chi connectivity index (χ1n) is 7.92. The summed E-state index contributed by atoms with van der Waals surface area (Å²) in [6.07, 6.45) is 9.35. The number of aryl methyl sites for hydroxylation is 2. The summed E-state index contributed by atoms with van der Waals surface area (Å²) in [6, 6.07) is 9.27. The van der Waals surface area contributed by atoms with Crippen LogP contribution < -0.4 is 0 Å². The number of nitrogens with zero attached hydrogens (tertiary/aromatic N) is 1. The molecule has 0 radical (unpaired) electrons. The Morgan fingerprint density at radius 1 is 1.00 bits per heavy atom. The second kappa shape index (κ2) is 7.92. The molecule has 2 rings (SSSR count). The lowest BCUT2D eigenvalue weighted by Crippen LogP contribution is -1.92. The zero-order valence-electron chi connectivity index (χ0n) is 13.0. The van der Waals surface area contributed by atoms with E-state index in [1.54, 1.807) is 12.1 Å². The first-order chi connectivity index (χ1) is 10.2. The molecule has 21 heavy (non-hydrogen) atoms. The third-order valence-electron chi connectivity index (χ3n) is 3.79. The first-order valence-corrected chi connectivity index (χ1v) is 7.92. The molecule has 1 aromatic carbocycles. The van der Waals surface area contributed by atoms with Gasteiger partial charge in [0, 0.05) is 11.8 Å². The molecule has 0 spiro atoms. The number of unbranched alkanes of at least 4 members (excludes halogenated alkanes) is 4. The Morgan fingerprint density at radius 2 is 1.81 bits per heavy atom. The predicted molar refractivity (Wildman–Crippen MR) is 86.8 cm³/mol. The first kappa shape index (κ1) is 15.7. The van der Waals surface area contributed by atoms with Crippen LogP contribution in [0.3, 0.4) is 0 Å². The minimum Gasteiger partial charge on any atom is -0.256 e. The van der Waals surface area contributed by atoms with E-state index < -0.39 is 0 Å². The molecule has 2 aromatic rings. The summed E-state index contributed by atoms with van der Waals surface area (Å²) in [7, 11) is 0. The highest BCUT2D eigenvalue weighted by molar-refractivity contribution is 5.60. The lowest BCUT2D eigenvalue weighted by molar-refractivity contribution is 0.628. The van der Waals surface area contributed by atoms with Gasteiger partial charge in [0.25, 0.3) is 0 Å². The van der Waals surface area contributed by atoms with Crippen LogP contribution in [0.25, 0.3) is 11.3 Å². The Balaban J connectivity index is 1.95. The highest BCUT2D eigenvalue weighted by atomic mass is 19.1. The van der Waals surface area contributed by atoms with Gasteiger partial charge in [-0.25, -0.2) is 4.39 Å². The van der Waals surface area contributed by atoms with E-state index in [2.05, 4.69) is 18.0 Å². The van der Waals surface area contributed by atoms with Crippen LogP contribution in [-0.4, -0.2) is 4.98 Å². The van der Waals surface area contributed by atoms with E-state index in [0.29, 0.717) is 11.3 Å². The van der Waals surface area contributed by atoms with Gasteiger partial charge in [0.15, 0.2) is 0 Å². The van der Waals surface area contributed by atoms with E-state index in [9.17, 15) is 4.39 Å². The zero-order chi connectivity index (χ0) is 15.1. The minimum atomic E-state index is -0.199. The summed E-state index contributed by atoms with van der Waals surface area (Å²) < 4.78 is 13.9. The molecule has 1 heterocycles. The monoisotopic (exact) mass is 285 g/mol. The normalized spacial score (nSPS) is 10.8. The molecule has 0 bridgehead atoms. The highest BCUT2D eigenvalue weighted by Crippen LogP contribution is 2.22. The summed E-state index contributed by atoms with van der Waals surface area (Å²) in [4.78, 5) is 4.41. The topological polar surface area (TPSA) is 12.9 Å². The summed E-state index contributed by atoms with van der Waals surface area (Å²) in [5.41, 5.74) is 3.46. The molecule has 0 amide bonds. The van der Waals surface area contributed by atoms with Gasteiger partial charge in [-0.05, 0) is 49.1 Å². The molecule has 0 saturated carbocycles. The second-order valence-corrected chi connectivity index (χ2v) is 5.70. The lowest BCUT2D eigenvalue weighted by Gasteiger charge is -2.06. The van der Waals surface area contributed by atoms with Gasteiger partial charge in [-0.1, -0.05) is 44.7 Å². The van der Waals surface area contributed by atoms with Crippen molar-refractivity contribution in [1.82, 2.24) is 4.98 Å². The van der Waals surface area contributed by atoms with Crippen LogP contribution >= 0.6 is 0 Å². The maximum absolute atomic E-state index is 13.9. The number of hydrogen-bond acceptors (Lipinski definition) is 1. The van der Waals surface area contributed by atoms with Crippen molar-refractivity contribution < 1.29 is 4.39 Å². The van der Waals surface area contributed by atoms with E-state index >= 15 is 0 Å². The highest BCUT2D eigenvalue weighted by Gasteiger charge is 2.06. The van der Waals surface area contributed by atoms with E-state index in [1.165, 1.54) is 37.7 Å². The molecule has 112 valence electrons. The van der Waals surface area contributed by atoms with Gasteiger partial charge >= 0.3 is 0 Å². The number of benzene rings is 1. The maximum Gasteiger partial charge on any atom is 0.132 e. The van der Waals surface area contributed by atoms with Crippen LogP contribution in [0.5, 0.6) is 0 Å². The Hall–Kier alpha value is -1.70. The molecule has 0 aliphatic carbocycles. The van der Waals surface area contributed by atoms with Gasteiger partial charge in [-0.2, -0.15) is 0 Å². The molecular formula is C19H24FN. The molecule has 1 aromatic heterocycles. The molecule has 0 aliphatic heterocycles. The Bertz CT molecular complexity index is 560. The zero-order valence-corrected chi connectivity index (χ0v) is 13.0. The smallest absolute Gasteiger partial charge is 0.132 e. The number of aromatic nitrogens is 1. The fourth-order valence-corrected chi connectivity index (χ4v) is 2.49. The summed E-state index contributed by atoms with van der Waals surface area (Å²) >= 11 is 0. The van der Waals surface area contributed by atoms with Crippen LogP contribution in [0.2, 0.25) is 0 Å². The molecular weight excluding hydrogens is 261 g/mol. The van der Waals surface area contributed by atoms with Crippen molar-refractivity contribution in [3.63, 3.8) is 0 Å². The SMILES string of the molecule is CCCCCCCc1ccc(-c2ccc(C)cc2F)nc1. The van der Waals surface area contributed by atoms with Gasteiger partial charge < -0.3 is 0 Å². The van der Waals surface area contributed by atoms with Crippen LogP contribution in [-0.2, 0) is 6.42 Å². The third kappa shape index (κ3) is 4.66.